The second-order valence-electron chi connectivity index (χ2n) is 6.45. The normalized spacial score (nSPS) is 12.9. The Labute approximate surface area is 160 Å². The number of benzene rings is 2. The van der Waals surface area contributed by atoms with E-state index < -0.39 is 0 Å². The predicted octanol–water partition coefficient (Wildman–Crippen LogP) is 3.10. The van der Waals surface area contributed by atoms with Crippen LogP contribution in [0.2, 0.25) is 0 Å². The topological polar surface area (TPSA) is 60.0 Å². The number of rotatable bonds is 7. The molecular weight excluding hydrogens is 344 g/mol. The number of hydrogen-bond acceptors (Lipinski definition) is 5. The van der Waals surface area contributed by atoms with E-state index in [0.717, 1.165) is 35.7 Å². The highest BCUT2D eigenvalue weighted by Crippen LogP contribution is 2.33. The van der Waals surface area contributed by atoms with E-state index in [1.54, 1.807) is 21.3 Å². The van der Waals surface area contributed by atoms with Gasteiger partial charge in [-0.15, -0.1) is 0 Å². The molecule has 0 bridgehead atoms. The Morgan fingerprint density at radius 2 is 1.78 bits per heavy atom. The molecule has 27 heavy (non-hydrogen) atoms. The van der Waals surface area contributed by atoms with Crippen molar-refractivity contribution in [3.63, 3.8) is 0 Å². The van der Waals surface area contributed by atoms with Crippen molar-refractivity contribution < 1.29 is 19.0 Å². The van der Waals surface area contributed by atoms with E-state index in [1.807, 2.05) is 41.3 Å². The van der Waals surface area contributed by atoms with Crippen LogP contribution < -0.4 is 19.5 Å². The third-order valence-electron chi connectivity index (χ3n) is 4.81. The number of nitrogens with one attached hydrogen (secondary N) is 1. The van der Waals surface area contributed by atoms with Crippen molar-refractivity contribution in [1.29, 1.82) is 0 Å². The van der Waals surface area contributed by atoms with Gasteiger partial charge in [-0.2, -0.15) is 0 Å². The quantitative estimate of drug-likeness (QED) is 0.812. The van der Waals surface area contributed by atoms with Crippen molar-refractivity contribution in [3.8, 4) is 17.2 Å². The van der Waals surface area contributed by atoms with Crippen molar-refractivity contribution in [2.75, 3.05) is 39.7 Å². The minimum Gasteiger partial charge on any atom is -0.497 e. The first-order valence-electron chi connectivity index (χ1n) is 9.04. The van der Waals surface area contributed by atoms with Gasteiger partial charge in [-0.3, -0.25) is 4.79 Å². The highest BCUT2D eigenvalue weighted by Gasteiger charge is 2.22. The molecule has 0 fully saturated rings. The van der Waals surface area contributed by atoms with Crippen LogP contribution >= 0.6 is 0 Å². The van der Waals surface area contributed by atoms with E-state index in [0.29, 0.717) is 25.3 Å². The van der Waals surface area contributed by atoms with Crippen LogP contribution in [-0.2, 0) is 17.8 Å². The molecule has 144 valence electrons. The summed E-state index contributed by atoms with van der Waals surface area (Å²) in [5, 5.41) is 3.28. The minimum absolute atomic E-state index is 0.144. The van der Waals surface area contributed by atoms with Crippen molar-refractivity contribution in [2.45, 2.75) is 19.4 Å². The molecule has 2 aromatic carbocycles. The SMILES string of the molecule is COc1cccc(NCCC(=O)N2CCc3cc(OC)c(OC)cc3C2)c1. The number of nitrogens with zero attached hydrogens (tertiary/aromatic N) is 1. The molecule has 0 unspecified atom stereocenters. The molecule has 6 heteroatoms. The van der Waals surface area contributed by atoms with Crippen LogP contribution in [0.15, 0.2) is 36.4 Å². The van der Waals surface area contributed by atoms with Crippen molar-refractivity contribution in [3.05, 3.63) is 47.5 Å². The standard InChI is InChI=1S/C21H26N2O4/c1-25-18-6-4-5-17(13-18)22-9-7-21(24)23-10-8-15-11-19(26-2)20(27-3)12-16(15)14-23/h4-6,11-13,22H,7-10,14H2,1-3H3. The lowest BCUT2D eigenvalue weighted by atomic mass is 9.98. The number of fused-ring (bicyclic) bond motifs is 1. The van der Waals surface area contributed by atoms with E-state index in [2.05, 4.69) is 5.32 Å². The van der Waals surface area contributed by atoms with Crippen molar-refractivity contribution in [2.24, 2.45) is 0 Å². The highest BCUT2D eigenvalue weighted by molar-refractivity contribution is 5.77. The zero-order valence-electron chi connectivity index (χ0n) is 16.1. The van der Waals surface area contributed by atoms with Gasteiger partial charge < -0.3 is 24.4 Å². The summed E-state index contributed by atoms with van der Waals surface area (Å²) in [5.41, 5.74) is 3.28. The highest BCUT2D eigenvalue weighted by atomic mass is 16.5. The summed E-state index contributed by atoms with van der Waals surface area (Å²) in [7, 11) is 4.90. The molecule has 0 aliphatic carbocycles. The second-order valence-corrected chi connectivity index (χ2v) is 6.45. The third kappa shape index (κ3) is 4.45. The number of ether oxygens (including phenoxy) is 3. The maximum absolute atomic E-state index is 12.6. The molecule has 0 radical (unpaired) electrons. The van der Waals surface area contributed by atoms with Gasteiger partial charge >= 0.3 is 0 Å². The van der Waals surface area contributed by atoms with Gasteiger partial charge in [-0.05, 0) is 41.8 Å². The summed E-state index contributed by atoms with van der Waals surface area (Å²) in [6, 6.07) is 11.7. The van der Waals surface area contributed by atoms with Crippen molar-refractivity contribution in [1.82, 2.24) is 4.90 Å². The maximum Gasteiger partial charge on any atom is 0.224 e. The third-order valence-corrected chi connectivity index (χ3v) is 4.81. The Morgan fingerprint density at radius 3 is 2.48 bits per heavy atom. The number of amides is 1. The summed E-state index contributed by atoms with van der Waals surface area (Å²) in [5.74, 6) is 2.37. The number of carbonyl (C=O) groups excluding carboxylic acids is 1. The first kappa shape index (κ1) is 18.9. The summed E-state index contributed by atoms with van der Waals surface area (Å²) < 4.78 is 16.0. The van der Waals surface area contributed by atoms with E-state index in [4.69, 9.17) is 14.2 Å². The van der Waals surface area contributed by atoms with E-state index >= 15 is 0 Å². The first-order valence-corrected chi connectivity index (χ1v) is 9.04. The molecule has 0 saturated carbocycles. The zero-order chi connectivity index (χ0) is 19.2. The van der Waals surface area contributed by atoms with Gasteiger partial charge in [0.2, 0.25) is 5.91 Å². The fraction of sp³-hybridized carbons (Fsp3) is 0.381. The molecule has 1 amide bonds. The lowest BCUT2D eigenvalue weighted by Crippen LogP contribution is -2.36. The van der Waals surface area contributed by atoms with Crippen LogP contribution in [0.1, 0.15) is 17.5 Å². The number of methoxy groups -OCH3 is 3. The molecule has 3 rings (SSSR count). The van der Waals surface area contributed by atoms with Crippen LogP contribution in [-0.4, -0.2) is 45.2 Å². The molecule has 1 aliphatic rings. The molecule has 0 saturated heterocycles. The fourth-order valence-corrected chi connectivity index (χ4v) is 3.30. The Kier molecular flexibility index (Phi) is 6.06. The first-order chi connectivity index (χ1) is 13.1. The van der Waals surface area contributed by atoms with Crippen LogP contribution in [0.5, 0.6) is 17.2 Å². The monoisotopic (exact) mass is 370 g/mol. The van der Waals surface area contributed by atoms with Crippen LogP contribution in [0, 0.1) is 0 Å². The Balaban J connectivity index is 1.57. The average Bonchev–Trinajstić information content (AvgIpc) is 2.72. The van der Waals surface area contributed by atoms with Crippen molar-refractivity contribution >= 4 is 11.6 Å². The van der Waals surface area contributed by atoms with Gasteiger partial charge in [-0.1, -0.05) is 6.07 Å². The summed E-state index contributed by atoms with van der Waals surface area (Å²) in [6.07, 6.45) is 1.27. The summed E-state index contributed by atoms with van der Waals surface area (Å²) in [6.45, 7) is 1.91. The Hall–Kier alpha value is -2.89. The smallest absolute Gasteiger partial charge is 0.224 e. The zero-order valence-corrected chi connectivity index (χ0v) is 16.1. The molecule has 2 aromatic rings. The largest absolute Gasteiger partial charge is 0.497 e. The lowest BCUT2D eigenvalue weighted by Gasteiger charge is -2.29. The van der Waals surface area contributed by atoms with Crippen LogP contribution in [0.25, 0.3) is 0 Å². The van der Waals surface area contributed by atoms with Gasteiger partial charge in [0.15, 0.2) is 11.5 Å². The maximum atomic E-state index is 12.6. The van der Waals surface area contributed by atoms with E-state index in [9.17, 15) is 4.79 Å². The minimum atomic E-state index is 0.144. The Morgan fingerprint density at radius 1 is 1.04 bits per heavy atom. The van der Waals surface area contributed by atoms with E-state index in [-0.39, 0.29) is 5.91 Å². The summed E-state index contributed by atoms with van der Waals surface area (Å²) in [4.78, 5) is 14.5. The Bertz CT molecular complexity index is 807. The molecule has 1 heterocycles. The lowest BCUT2D eigenvalue weighted by molar-refractivity contribution is -0.131. The fourth-order valence-electron chi connectivity index (χ4n) is 3.30. The van der Waals surface area contributed by atoms with Gasteiger partial charge in [0.25, 0.3) is 0 Å². The summed E-state index contributed by atoms with van der Waals surface area (Å²) >= 11 is 0. The number of hydrogen-bond donors (Lipinski definition) is 1. The molecule has 0 aromatic heterocycles. The molecule has 1 N–H and O–H groups in total. The van der Waals surface area contributed by atoms with Crippen LogP contribution in [0.3, 0.4) is 0 Å². The second kappa shape index (κ2) is 8.66. The van der Waals surface area contributed by atoms with E-state index in [1.165, 1.54) is 5.56 Å². The molecule has 1 aliphatic heterocycles. The van der Waals surface area contributed by atoms with Gasteiger partial charge in [-0.25, -0.2) is 0 Å². The molecule has 6 nitrogen and oxygen atoms in total. The van der Waals surface area contributed by atoms with Crippen LogP contribution in [0.4, 0.5) is 5.69 Å². The predicted molar refractivity (Wildman–Crippen MR) is 105 cm³/mol. The molecule has 0 atom stereocenters. The molecular formula is C21H26N2O4. The number of anilines is 1. The van der Waals surface area contributed by atoms with Gasteiger partial charge in [0.1, 0.15) is 5.75 Å². The van der Waals surface area contributed by atoms with Gasteiger partial charge in [0.05, 0.1) is 21.3 Å². The number of carbonyl (C=O) groups is 1. The molecule has 0 spiro atoms. The average molecular weight is 370 g/mol. The van der Waals surface area contributed by atoms with Gasteiger partial charge in [0, 0.05) is 37.8 Å².